The molecule has 76 valence electrons. The van der Waals surface area contributed by atoms with Crippen LogP contribution >= 0.6 is 0 Å². The summed E-state index contributed by atoms with van der Waals surface area (Å²) in [5.74, 6) is -0.328. The Bertz CT molecular complexity index is 311. The lowest BCUT2D eigenvalue weighted by Crippen LogP contribution is -2.32. The first-order valence-corrected chi connectivity index (χ1v) is 5.08. The molecule has 3 rings (SSSR count). The molecule has 1 saturated heterocycles. The van der Waals surface area contributed by atoms with Crippen LogP contribution in [0.2, 0.25) is 0 Å². The van der Waals surface area contributed by atoms with Crippen LogP contribution in [-0.4, -0.2) is 23.7 Å². The lowest BCUT2D eigenvalue weighted by Gasteiger charge is -2.25. The fraction of sp³-hybridized carbons (Fsp3) is 0.800. The van der Waals surface area contributed by atoms with E-state index in [9.17, 15) is 9.59 Å². The minimum Gasteiger partial charge on any atom is -0.481 e. The van der Waals surface area contributed by atoms with Crippen molar-refractivity contribution in [2.45, 2.75) is 12.8 Å². The van der Waals surface area contributed by atoms with Crippen molar-refractivity contribution < 1.29 is 19.4 Å². The van der Waals surface area contributed by atoms with Gasteiger partial charge in [-0.05, 0) is 24.7 Å². The maximum atomic E-state index is 11.4. The highest BCUT2D eigenvalue weighted by Crippen LogP contribution is 2.57. The third-order valence-corrected chi connectivity index (χ3v) is 4.17. The number of hydrogen-bond donors (Lipinski definition) is 1. The number of ether oxygens (including phenoxy) is 1. The molecular formula is C10H12O4. The highest BCUT2D eigenvalue weighted by Gasteiger charge is 2.60. The predicted molar refractivity (Wildman–Crippen MR) is 45.3 cm³/mol. The lowest BCUT2D eigenvalue weighted by molar-refractivity contribution is -0.146. The Morgan fingerprint density at radius 2 is 2.14 bits per heavy atom. The second-order valence-corrected chi connectivity index (χ2v) is 4.66. The van der Waals surface area contributed by atoms with Crippen LogP contribution in [-0.2, 0) is 14.3 Å². The Balaban J connectivity index is 1.89. The summed E-state index contributed by atoms with van der Waals surface area (Å²) in [5.41, 5.74) is 0. The normalized spacial score (nSPS) is 49.1. The van der Waals surface area contributed by atoms with E-state index in [2.05, 4.69) is 0 Å². The van der Waals surface area contributed by atoms with Gasteiger partial charge >= 0.3 is 11.9 Å². The van der Waals surface area contributed by atoms with Gasteiger partial charge in [-0.25, -0.2) is 0 Å². The zero-order valence-electron chi connectivity index (χ0n) is 7.68. The van der Waals surface area contributed by atoms with Gasteiger partial charge in [-0.2, -0.15) is 0 Å². The van der Waals surface area contributed by atoms with Gasteiger partial charge in [0, 0.05) is 5.92 Å². The van der Waals surface area contributed by atoms with Crippen molar-refractivity contribution in [2.24, 2.45) is 29.6 Å². The first-order valence-electron chi connectivity index (χ1n) is 5.08. The number of carbonyl (C=O) groups excluding carboxylic acids is 1. The van der Waals surface area contributed by atoms with E-state index in [1.807, 2.05) is 0 Å². The second kappa shape index (κ2) is 2.49. The smallest absolute Gasteiger partial charge is 0.309 e. The Morgan fingerprint density at radius 3 is 2.86 bits per heavy atom. The molecule has 1 heterocycles. The van der Waals surface area contributed by atoms with Crippen LogP contribution < -0.4 is 0 Å². The van der Waals surface area contributed by atoms with E-state index in [1.165, 1.54) is 0 Å². The summed E-state index contributed by atoms with van der Waals surface area (Å²) in [5, 5.41) is 9.00. The predicted octanol–water partition coefficient (Wildman–Crippen LogP) is 0.516. The summed E-state index contributed by atoms with van der Waals surface area (Å²) in [6.45, 7) is 0.453. The summed E-state index contributed by atoms with van der Waals surface area (Å²) in [6, 6.07) is 0. The number of aliphatic carboxylic acids is 1. The Hall–Kier alpha value is -1.06. The molecule has 0 aromatic carbocycles. The summed E-state index contributed by atoms with van der Waals surface area (Å²) < 4.78 is 5.00. The third kappa shape index (κ3) is 0.837. The van der Waals surface area contributed by atoms with Crippen LogP contribution in [0, 0.1) is 29.6 Å². The molecular weight excluding hydrogens is 184 g/mol. The molecule has 4 nitrogen and oxygen atoms in total. The van der Waals surface area contributed by atoms with Gasteiger partial charge in [-0.15, -0.1) is 0 Å². The average Bonchev–Trinajstić information content (AvgIpc) is 2.75. The first kappa shape index (κ1) is 8.26. The van der Waals surface area contributed by atoms with Gasteiger partial charge in [0.15, 0.2) is 0 Å². The quantitative estimate of drug-likeness (QED) is 0.621. The van der Waals surface area contributed by atoms with Gasteiger partial charge in [-0.3, -0.25) is 9.59 Å². The van der Waals surface area contributed by atoms with E-state index >= 15 is 0 Å². The molecule has 0 amide bonds. The zero-order chi connectivity index (χ0) is 9.87. The third-order valence-electron chi connectivity index (χ3n) is 4.17. The van der Waals surface area contributed by atoms with Crippen LogP contribution in [0.5, 0.6) is 0 Å². The standard InChI is InChI=1S/C10H12O4/c11-9(12)6-2-4-1-5(6)7-3-14-10(13)8(4)7/h4-8H,1-3H2,(H,11,12). The molecule has 1 aliphatic heterocycles. The van der Waals surface area contributed by atoms with Crippen molar-refractivity contribution >= 4 is 11.9 Å². The van der Waals surface area contributed by atoms with Crippen LogP contribution in [0.3, 0.4) is 0 Å². The summed E-state index contributed by atoms with van der Waals surface area (Å²) in [4.78, 5) is 22.3. The molecule has 0 aromatic rings. The van der Waals surface area contributed by atoms with E-state index in [0.29, 0.717) is 13.0 Å². The minimum absolute atomic E-state index is 0.0237. The molecule has 2 saturated carbocycles. The fourth-order valence-electron chi connectivity index (χ4n) is 3.65. The van der Waals surface area contributed by atoms with E-state index in [0.717, 1.165) is 6.42 Å². The average molecular weight is 196 g/mol. The van der Waals surface area contributed by atoms with E-state index in [1.54, 1.807) is 0 Å². The van der Waals surface area contributed by atoms with Crippen molar-refractivity contribution in [3.05, 3.63) is 0 Å². The number of carbonyl (C=O) groups is 2. The van der Waals surface area contributed by atoms with Crippen LogP contribution in [0.25, 0.3) is 0 Å². The largest absolute Gasteiger partial charge is 0.481 e. The zero-order valence-corrected chi connectivity index (χ0v) is 7.68. The van der Waals surface area contributed by atoms with Gasteiger partial charge in [0.2, 0.25) is 0 Å². The molecule has 0 spiro atoms. The topological polar surface area (TPSA) is 63.6 Å². The van der Waals surface area contributed by atoms with Crippen LogP contribution in [0.15, 0.2) is 0 Å². The molecule has 4 heteroatoms. The van der Waals surface area contributed by atoms with Gasteiger partial charge in [0.05, 0.1) is 18.4 Å². The molecule has 2 bridgehead atoms. The van der Waals surface area contributed by atoms with Crippen molar-refractivity contribution in [3.8, 4) is 0 Å². The fourth-order valence-corrected chi connectivity index (χ4v) is 3.65. The van der Waals surface area contributed by atoms with E-state index < -0.39 is 5.97 Å². The lowest BCUT2D eigenvalue weighted by atomic mass is 9.75. The number of cyclic esters (lactones) is 1. The van der Waals surface area contributed by atoms with Crippen molar-refractivity contribution in [2.75, 3.05) is 6.61 Å². The Morgan fingerprint density at radius 1 is 1.36 bits per heavy atom. The Labute approximate surface area is 81.2 Å². The second-order valence-electron chi connectivity index (χ2n) is 4.66. The minimum atomic E-state index is -0.699. The summed E-state index contributed by atoms with van der Waals surface area (Å²) in [7, 11) is 0. The molecule has 0 aromatic heterocycles. The number of hydrogen-bond acceptors (Lipinski definition) is 3. The molecule has 0 radical (unpaired) electrons. The molecule has 14 heavy (non-hydrogen) atoms. The van der Waals surface area contributed by atoms with Gasteiger partial charge in [0.25, 0.3) is 0 Å². The monoisotopic (exact) mass is 196 g/mol. The van der Waals surface area contributed by atoms with Crippen molar-refractivity contribution in [3.63, 3.8) is 0 Å². The highest BCUT2D eigenvalue weighted by molar-refractivity contribution is 5.78. The number of carboxylic acids is 1. The number of rotatable bonds is 1. The van der Waals surface area contributed by atoms with Gasteiger partial charge < -0.3 is 9.84 Å². The Kier molecular flexibility index (Phi) is 1.47. The van der Waals surface area contributed by atoms with E-state index in [-0.39, 0.29) is 35.6 Å². The molecule has 2 aliphatic carbocycles. The van der Waals surface area contributed by atoms with Crippen molar-refractivity contribution in [1.29, 1.82) is 0 Å². The number of fused-ring (bicyclic) bond motifs is 5. The molecule has 5 atom stereocenters. The summed E-state index contributed by atoms with van der Waals surface area (Å²) in [6.07, 6.45) is 1.59. The molecule has 3 fully saturated rings. The van der Waals surface area contributed by atoms with Gasteiger partial charge in [0.1, 0.15) is 0 Å². The van der Waals surface area contributed by atoms with Crippen LogP contribution in [0.4, 0.5) is 0 Å². The van der Waals surface area contributed by atoms with E-state index in [4.69, 9.17) is 9.84 Å². The maximum Gasteiger partial charge on any atom is 0.309 e. The molecule has 5 unspecified atom stereocenters. The summed E-state index contributed by atoms with van der Waals surface area (Å²) >= 11 is 0. The number of esters is 1. The maximum absolute atomic E-state index is 11.4. The van der Waals surface area contributed by atoms with Gasteiger partial charge in [-0.1, -0.05) is 0 Å². The first-order chi connectivity index (χ1) is 6.68. The SMILES string of the molecule is O=C(O)C1CC2CC1C1COC(=O)C21. The van der Waals surface area contributed by atoms with Crippen molar-refractivity contribution in [1.82, 2.24) is 0 Å². The molecule has 3 aliphatic rings. The van der Waals surface area contributed by atoms with Crippen LogP contribution in [0.1, 0.15) is 12.8 Å². The molecule has 1 N–H and O–H groups in total. The number of carboxylic acid groups (broad SMARTS) is 1. The highest BCUT2D eigenvalue weighted by atomic mass is 16.5.